The molecule has 3 nitrogen and oxygen atoms in total. The van der Waals surface area contributed by atoms with E-state index >= 15 is 0 Å². The predicted molar refractivity (Wildman–Crippen MR) is 54.6 cm³/mol. The van der Waals surface area contributed by atoms with E-state index in [-0.39, 0.29) is 5.75 Å². The van der Waals surface area contributed by atoms with Gasteiger partial charge in [-0.05, 0) is 34.7 Å². The minimum atomic E-state index is -3.58. The summed E-state index contributed by atoms with van der Waals surface area (Å²) in [5.41, 5.74) is 0. The molecule has 0 atom stereocenters. The molecule has 0 fully saturated rings. The third-order valence-corrected chi connectivity index (χ3v) is 2.51. The van der Waals surface area contributed by atoms with E-state index < -0.39 is 15.9 Å². The van der Waals surface area contributed by atoms with E-state index in [1.54, 1.807) is 22.6 Å². The zero-order valence-corrected chi connectivity index (χ0v) is 9.59. The molecule has 0 aliphatic heterocycles. The molecule has 0 aromatic heterocycles. The summed E-state index contributed by atoms with van der Waals surface area (Å²) in [6.07, 6.45) is 0.906. The summed E-state index contributed by atoms with van der Waals surface area (Å²) in [5, 5.41) is 0. The normalized spacial score (nSPS) is 11.3. The van der Waals surface area contributed by atoms with Gasteiger partial charge in [0.15, 0.2) is 0 Å². The molecule has 0 aliphatic rings. The van der Waals surface area contributed by atoms with Gasteiger partial charge in [-0.15, -0.1) is 0 Å². The Balaban J connectivity index is 2.99. The average molecular weight is 316 g/mol. The highest BCUT2D eigenvalue weighted by atomic mass is 127. The molecule has 0 heterocycles. The van der Waals surface area contributed by atoms with E-state index in [4.69, 9.17) is 0 Å². The van der Waals surface area contributed by atoms with E-state index in [0.717, 1.165) is 12.3 Å². The molecule has 72 valence electrons. The maximum Gasteiger partial charge on any atom is 0.306 e. The van der Waals surface area contributed by atoms with Gasteiger partial charge >= 0.3 is 10.1 Å². The van der Waals surface area contributed by atoms with Gasteiger partial charge in [-0.25, -0.2) is 4.39 Å². The van der Waals surface area contributed by atoms with Gasteiger partial charge < -0.3 is 4.18 Å². The molecule has 0 aliphatic carbocycles. The molecule has 1 rings (SSSR count). The van der Waals surface area contributed by atoms with Crippen molar-refractivity contribution in [3.8, 4) is 5.75 Å². The number of hydrogen-bond donors (Lipinski definition) is 0. The Morgan fingerprint density at radius 2 is 2.08 bits per heavy atom. The Hall–Kier alpha value is -0.370. The van der Waals surface area contributed by atoms with Crippen LogP contribution in [0.4, 0.5) is 4.39 Å². The fourth-order valence-electron chi connectivity index (χ4n) is 0.703. The number of halogens is 2. The molecule has 0 unspecified atom stereocenters. The molecule has 0 amide bonds. The molecule has 0 saturated carbocycles. The topological polar surface area (TPSA) is 43.4 Å². The second-order valence-electron chi connectivity index (χ2n) is 2.36. The third-order valence-electron chi connectivity index (χ3n) is 1.14. The number of hydrogen-bond acceptors (Lipinski definition) is 3. The molecule has 0 bridgehead atoms. The highest BCUT2D eigenvalue weighted by Gasteiger charge is 2.06. The minimum absolute atomic E-state index is 0.0135. The van der Waals surface area contributed by atoms with Crippen molar-refractivity contribution >= 4 is 32.7 Å². The molecule has 0 N–H and O–H groups in total. The van der Waals surface area contributed by atoms with Crippen LogP contribution in [0.1, 0.15) is 0 Å². The molecule has 1 aromatic rings. The summed E-state index contributed by atoms with van der Waals surface area (Å²) in [7, 11) is -3.58. The zero-order valence-electron chi connectivity index (χ0n) is 6.62. The predicted octanol–water partition coefficient (Wildman–Crippen LogP) is 1.77. The minimum Gasteiger partial charge on any atom is -0.382 e. The van der Waals surface area contributed by atoms with Crippen LogP contribution < -0.4 is 4.18 Å². The monoisotopic (exact) mass is 316 g/mol. The maximum absolute atomic E-state index is 12.9. The van der Waals surface area contributed by atoms with E-state index in [0.29, 0.717) is 3.57 Å². The van der Waals surface area contributed by atoms with Gasteiger partial charge in [0.1, 0.15) is 11.6 Å². The first-order valence-corrected chi connectivity index (χ1v) is 6.12. The standard InChI is InChI=1S/C7H6FIO3S/c1-13(10,11)12-5-2-3-7(9)6(8)4-5/h2-4H,1H3. The van der Waals surface area contributed by atoms with Gasteiger partial charge in [-0.2, -0.15) is 8.42 Å². The van der Waals surface area contributed by atoms with E-state index in [9.17, 15) is 12.8 Å². The van der Waals surface area contributed by atoms with Crippen LogP contribution in [0.3, 0.4) is 0 Å². The molecule has 0 spiro atoms. The molecule has 6 heteroatoms. The lowest BCUT2D eigenvalue weighted by atomic mass is 10.3. The largest absolute Gasteiger partial charge is 0.382 e. The molecule has 0 saturated heterocycles. The maximum atomic E-state index is 12.9. The smallest absolute Gasteiger partial charge is 0.306 e. The van der Waals surface area contributed by atoms with Crippen LogP contribution in [-0.4, -0.2) is 14.7 Å². The van der Waals surface area contributed by atoms with Crippen molar-refractivity contribution in [1.82, 2.24) is 0 Å². The molecule has 13 heavy (non-hydrogen) atoms. The Kier molecular flexibility index (Phi) is 3.12. The summed E-state index contributed by atoms with van der Waals surface area (Å²) in [5.74, 6) is -0.512. The van der Waals surface area contributed by atoms with Gasteiger partial charge in [0.05, 0.1) is 6.26 Å². The molecular weight excluding hydrogens is 310 g/mol. The Bertz CT molecular complexity index is 416. The second-order valence-corrected chi connectivity index (χ2v) is 5.10. The molecule has 0 radical (unpaired) electrons. The first-order chi connectivity index (χ1) is 5.88. The van der Waals surface area contributed by atoms with Crippen LogP contribution in [0.15, 0.2) is 18.2 Å². The van der Waals surface area contributed by atoms with Crippen LogP contribution in [0.2, 0.25) is 0 Å². The summed E-state index contributed by atoms with van der Waals surface area (Å²) in [4.78, 5) is 0. The average Bonchev–Trinajstić information content (AvgIpc) is 1.94. The summed E-state index contributed by atoms with van der Waals surface area (Å²) >= 11 is 1.80. The van der Waals surface area contributed by atoms with Gasteiger partial charge in [-0.3, -0.25) is 0 Å². The van der Waals surface area contributed by atoms with Gasteiger partial charge in [-0.1, -0.05) is 0 Å². The van der Waals surface area contributed by atoms with Crippen LogP contribution in [-0.2, 0) is 10.1 Å². The van der Waals surface area contributed by atoms with Crippen molar-refractivity contribution < 1.29 is 17.0 Å². The first-order valence-electron chi connectivity index (χ1n) is 3.23. The summed E-state index contributed by atoms with van der Waals surface area (Å²) < 4.78 is 39.1. The second kappa shape index (κ2) is 3.79. The summed E-state index contributed by atoms with van der Waals surface area (Å²) in [6.45, 7) is 0. The van der Waals surface area contributed by atoms with Crippen molar-refractivity contribution in [3.05, 3.63) is 27.6 Å². The van der Waals surface area contributed by atoms with Crippen LogP contribution >= 0.6 is 22.6 Å². The van der Waals surface area contributed by atoms with Gasteiger partial charge in [0, 0.05) is 9.64 Å². The van der Waals surface area contributed by atoms with Gasteiger partial charge in [0.2, 0.25) is 0 Å². The lowest BCUT2D eigenvalue weighted by Gasteiger charge is -2.02. The van der Waals surface area contributed by atoms with E-state index in [1.165, 1.54) is 12.1 Å². The Morgan fingerprint density at radius 3 is 2.54 bits per heavy atom. The SMILES string of the molecule is CS(=O)(=O)Oc1ccc(I)c(F)c1. The highest BCUT2D eigenvalue weighted by Crippen LogP contribution is 2.18. The lowest BCUT2D eigenvalue weighted by Crippen LogP contribution is -2.05. The number of rotatable bonds is 2. The first kappa shape index (κ1) is 10.7. The van der Waals surface area contributed by atoms with Crippen LogP contribution in [0, 0.1) is 9.39 Å². The van der Waals surface area contributed by atoms with Gasteiger partial charge in [0.25, 0.3) is 0 Å². The van der Waals surface area contributed by atoms with Crippen molar-refractivity contribution in [2.24, 2.45) is 0 Å². The molecule has 1 aromatic carbocycles. The van der Waals surface area contributed by atoms with E-state index in [1.807, 2.05) is 0 Å². The van der Waals surface area contributed by atoms with Crippen molar-refractivity contribution in [1.29, 1.82) is 0 Å². The fraction of sp³-hybridized carbons (Fsp3) is 0.143. The number of benzene rings is 1. The summed E-state index contributed by atoms with van der Waals surface area (Å²) in [6, 6.07) is 3.87. The van der Waals surface area contributed by atoms with Crippen molar-refractivity contribution in [2.45, 2.75) is 0 Å². The Labute approximate surface area is 89.2 Å². The van der Waals surface area contributed by atoms with Crippen molar-refractivity contribution in [3.63, 3.8) is 0 Å². The quantitative estimate of drug-likeness (QED) is 0.617. The lowest BCUT2D eigenvalue weighted by molar-refractivity contribution is 0.489. The van der Waals surface area contributed by atoms with Crippen LogP contribution in [0.25, 0.3) is 0 Å². The van der Waals surface area contributed by atoms with Crippen LogP contribution in [0.5, 0.6) is 5.75 Å². The Morgan fingerprint density at radius 1 is 1.46 bits per heavy atom. The molecular formula is C7H6FIO3S. The third kappa shape index (κ3) is 3.47. The van der Waals surface area contributed by atoms with E-state index in [2.05, 4.69) is 4.18 Å². The zero-order chi connectivity index (χ0) is 10.1. The highest BCUT2D eigenvalue weighted by molar-refractivity contribution is 14.1. The fourth-order valence-corrected chi connectivity index (χ4v) is 1.49. The van der Waals surface area contributed by atoms with Crippen molar-refractivity contribution in [2.75, 3.05) is 6.26 Å².